The number of carboxylic acid groups (broad SMARTS) is 1. The van der Waals surface area contributed by atoms with Gasteiger partial charge in [-0.2, -0.15) is 5.10 Å². The molecule has 1 N–H and O–H groups in total. The number of aliphatic carboxylic acids is 1. The molecule has 2 aromatic carbocycles. The molecule has 0 bridgehead atoms. The maximum atomic E-state index is 12.6. The SMILES string of the molecule is O=C(O)Cn1nc(-c2ccc(C(F)F)cc2)cc1-c1ccccc1. The zero-order valence-corrected chi connectivity index (χ0v) is 12.6. The molecule has 0 aliphatic heterocycles. The second-order valence-corrected chi connectivity index (χ2v) is 5.25. The highest BCUT2D eigenvalue weighted by atomic mass is 19.3. The predicted molar refractivity (Wildman–Crippen MR) is 85.7 cm³/mol. The maximum absolute atomic E-state index is 12.6. The summed E-state index contributed by atoms with van der Waals surface area (Å²) < 4.78 is 26.7. The second kappa shape index (κ2) is 6.62. The molecule has 0 saturated heterocycles. The first-order chi connectivity index (χ1) is 11.5. The van der Waals surface area contributed by atoms with Gasteiger partial charge in [0, 0.05) is 11.1 Å². The lowest BCUT2D eigenvalue weighted by Gasteiger charge is -2.04. The first-order valence-electron chi connectivity index (χ1n) is 7.28. The smallest absolute Gasteiger partial charge is 0.325 e. The Balaban J connectivity index is 2.03. The summed E-state index contributed by atoms with van der Waals surface area (Å²) in [7, 11) is 0. The maximum Gasteiger partial charge on any atom is 0.325 e. The van der Waals surface area contributed by atoms with Crippen LogP contribution in [-0.2, 0) is 11.3 Å². The van der Waals surface area contributed by atoms with E-state index in [9.17, 15) is 13.6 Å². The lowest BCUT2D eigenvalue weighted by Crippen LogP contribution is -2.11. The number of alkyl halides is 2. The van der Waals surface area contributed by atoms with Crippen LogP contribution in [0.1, 0.15) is 12.0 Å². The van der Waals surface area contributed by atoms with Crippen LogP contribution in [0.25, 0.3) is 22.5 Å². The van der Waals surface area contributed by atoms with Crippen molar-refractivity contribution in [3.63, 3.8) is 0 Å². The van der Waals surface area contributed by atoms with Gasteiger partial charge in [0.15, 0.2) is 0 Å². The van der Waals surface area contributed by atoms with Crippen molar-refractivity contribution in [2.75, 3.05) is 0 Å². The number of halogens is 2. The number of hydrogen-bond acceptors (Lipinski definition) is 2. The summed E-state index contributed by atoms with van der Waals surface area (Å²) in [6, 6.07) is 16.9. The van der Waals surface area contributed by atoms with E-state index in [1.165, 1.54) is 16.8 Å². The van der Waals surface area contributed by atoms with Crippen molar-refractivity contribution in [1.29, 1.82) is 0 Å². The highest BCUT2D eigenvalue weighted by molar-refractivity contribution is 5.72. The van der Waals surface area contributed by atoms with Crippen LogP contribution in [0.4, 0.5) is 8.78 Å². The Morgan fingerprint density at radius 1 is 1.04 bits per heavy atom. The molecule has 0 fully saturated rings. The normalized spacial score (nSPS) is 11.0. The van der Waals surface area contributed by atoms with Crippen LogP contribution in [0.3, 0.4) is 0 Å². The van der Waals surface area contributed by atoms with Gasteiger partial charge in [-0.3, -0.25) is 9.48 Å². The van der Waals surface area contributed by atoms with E-state index in [1.54, 1.807) is 18.2 Å². The van der Waals surface area contributed by atoms with E-state index in [-0.39, 0.29) is 12.1 Å². The zero-order chi connectivity index (χ0) is 17.1. The third-order valence-electron chi connectivity index (χ3n) is 3.59. The summed E-state index contributed by atoms with van der Waals surface area (Å²) in [5, 5.41) is 13.4. The van der Waals surface area contributed by atoms with Gasteiger partial charge in [-0.05, 0) is 11.6 Å². The summed E-state index contributed by atoms with van der Waals surface area (Å²) >= 11 is 0. The summed E-state index contributed by atoms with van der Waals surface area (Å²) in [6.07, 6.45) is -2.52. The molecule has 3 rings (SSSR count). The second-order valence-electron chi connectivity index (χ2n) is 5.25. The Morgan fingerprint density at radius 3 is 2.29 bits per heavy atom. The first kappa shape index (κ1) is 15.9. The highest BCUT2D eigenvalue weighted by Crippen LogP contribution is 2.28. The minimum Gasteiger partial charge on any atom is -0.480 e. The van der Waals surface area contributed by atoms with E-state index in [4.69, 9.17) is 5.11 Å². The molecule has 122 valence electrons. The van der Waals surface area contributed by atoms with Crippen LogP contribution in [0, 0.1) is 0 Å². The number of nitrogens with zero attached hydrogens (tertiary/aromatic N) is 2. The fourth-order valence-corrected chi connectivity index (χ4v) is 2.45. The largest absolute Gasteiger partial charge is 0.480 e. The Morgan fingerprint density at radius 2 is 1.71 bits per heavy atom. The summed E-state index contributed by atoms with van der Waals surface area (Å²) in [5.41, 5.74) is 2.62. The summed E-state index contributed by atoms with van der Waals surface area (Å²) in [6.45, 7) is -0.278. The molecule has 1 heterocycles. The Kier molecular flexibility index (Phi) is 4.37. The third kappa shape index (κ3) is 3.32. The number of benzene rings is 2. The summed E-state index contributed by atoms with van der Waals surface area (Å²) in [4.78, 5) is 11.1. The monoisotopic (exact) mass is 328 g/mol. The van der Waals surface area contributed by atoms with E-state index < -0.39 is 12.4 Å². The van der Waals surface area contributed by atoms with Crippen molar-refractivity contribution in [2.45, 2.75) is 13.0 Å². The van der Waals surface area contributed by atoms with Gasteiger partial charge in [-0.15, -0.1) is 0 Å². The van der Waals surface area contributed by atoms with Crippen LogP contribution in [-0.4, -0.2) is 20.9 Å². The molecule has 6 heteroatoms. The van der Waals surface area contributed by atoms with E-state index in [2.05, 4.69) is 5.10 Å². The Hall–Kier alpha value is -3.02. The van der Waals surface area contributed by atoms with Gasteiger partial charge < -0.3 is 5.11 Å². The van der Waals surface area contributed by atoms with Crippen LogP contribution < -0.4 is 0 Å². The van der Waals surface area contributed by atoms with Gasteiger partial charge in [0.05, 0.1) is 11.4 Å². The van der Waals surface area contributed by atoms with E-state index in [0.29, 0.717) is 17.0 Å². The first-order valence-corrected chi connectivity index (χ1v) is 7.28. The number of carboxylic acids is 1. The van der Waals surface area contributed by atoms with Gasteiger partial charge in [0.1, 0.15) is 6.54 Å². The van der Waals surface area contributed by atoms with Gasteiger partial charge in [-0.1, -0.05) is 54.6 Å². The molecule has 0 aliphatic rings. The van der Waals surface area contributed by atoms with Crippen molar-refractivity contribution in [3.05, 3.63) is 66.2 Å². The quantitative estimate of drug-likeness (QED) is 0.762. The molecule has 0 saturated carbocycles. The topological polar surface area (TPSA) is 55.1 Å². The minimum atomic E-state index is -2.52. The molecule has 4 nitrogen and oxygen atoms in total. The number of hydrogen-bond donors (Lipinski definition) is 1. The third-order valence-corrected chi connectivity index (χ3v) is 3.59. The lowest BCUT2D eigenvalue weighted by molar-refractivity contribution is -0.137. The van der Waals surface area contributed by atoms with Crippen LogP contribution in [0.5, 0.6) is 0 Å². The van der Waals surface area contributed by atoms with Crippen molar-refractivity contribution in [1.82, 2.24) is 9.78 Å². The lowest BCUT2D eigenvalue weighted by atomic mass is 10.1. The number of aromatic nitrogens is 2. The molecule has 0 radical (unpaired) electrons. The zero-order valence-electron chi connectivity index (χ0n) is 12.6. The van der Waals surface area contributed by atoms with Gasteiger partial charge in [0.25, 0.3) is 6.43 Å². The van der Waals surface area contributed by atoms with Gasteiger partial charge in [0.2, 0.25) is 0 Å². The highest BCUT2D eigenvalue weighted by Gasteiger charge is 2.14. The molecular formula is C18H14F2N2O2. The summed E-state index contributed by atoms with van der Waals surface area (Å²) in [5.74, 6) is -1.00. The standard InChI is InChI=1S/C18H14F2N2O2/c19-18(20)14-8-6-12(7-9-14)15-10-16(13-4-2-1-3-5-13)22(21-15)11-17(23)24/h1-10,18H,11H2,(H,23,24). The molecule has 0 amide bonds. The Labute approximate surface area is 137 Å². The number of rotatable bonds is 5. The van der Waals surface area contributed by atoms with Gasteiger partial charge >= 0.3 is 5.97 Å². The number of carbonyl (C=O) groups is 1. The fourth-order valence-electron chi connectivity index (χ4n) is 2.45. The van der Waals surface area contributed by atoms with Crippen LogP contribution >= 0.6 is 0 Å². The molecule has 1 aromatic heterocycles. The van der Waals surface area contributed by atoms with Gasteiger partial charge in [-0.25, -0.2) is 8.78 Å². The molecule has 0 aliphatic carbocycles. The molecule has 0 unspecified atom stereocenters. The predicted octanol–water partition coefficient (Wildman–Crippen LogP) is 4.24. The van der Waals surface area contributed by atoms with Crippen molar-refractivity contribution in [3.8, 4) is 22.5 Å². The Bertz CT molecular complexity index is 843. The van der Waals surface area contributed by atoms with E-state index >= 15 is 0 Å². The molecule has 3 aromatic rings. The van der Waals surface area contributed by atoms with Crippen LogP contribution in [0.2, 0.25) is 0 Å². The average Bonchev–Trinajstić information content (AvgIpc) is 2.99. The van der Waals surface area contributed by atoms with Crippen LogP contribution in [0.15, 0.2) is 60.7 Å². The van der Waals surface area contributed by atoms with E-state index in [0.717, 1.165) is 5.56 Å². The molecule has 0 atom stereocenters. The molecular weight excluding hydrogens is 314 g/mol. The van der Waals surface area contributed by atoms with Crippen molar-refractivity contribution >= 4 is 5.97 Å². The molecule has 24 heavy (non-hydrogen) atoms. The van der Waals surface area contributed by atoms with Crippen molar-refractivity contribution in [2.24, 2.45) is 0 Å². The minimum absolute atomic E-state index is 0.0630. The average molecular weight is 328 g/mol. The fraction of sp³-hybridized carbons (Fsp3) is 0.111. The van der Waals surface area contributed by atoms with E-state index in [1.807, 2.05) is 30.3 Å². The van der Waals surface area contributed by atoms with Crippen molar-refractivity contribution < 1.29 is 18.7 Å². The molecule has 0 spiro atoms.